The zero-order chi connectivity index (χ0) is 23.4. The Morgan fingerprint density at radius 2 is 1.64 bits per heavy atom. The second kappa shape index (κ2) is 10.7. The first-order chi connectivity index (χ1) is 16.0. The fourth-order valence-electron chi connectivity index (χ4n) is 4.97. The summed E-state index contributed by atoms with van der Waals surface area (Å²) in [5, 5.41) is 0. The van der Waals surface area contributed by atoms with E-state index in [4.69, 9.17) is 4.74 Å². The van der Waals surface area contributed by atoms with Crippen molar-refractivity contribution in [1.82, 2.24) is 0 Å². The summed E-state index contributed by atoms with van der Waals surface area (Å²) < 4.78 is 50.0. The van der Waals surface area contributed by atoms with E-state index in [1.807, 2.05) is 37.3 Å². The van der Waals surface area contributed by atoms with Crippen LogP contribution in [0.2, 0.25) is 0 Å². The summed E-state index contributed by atoms with van der Waals surface area (Å²) in [5.74, 6) is -1.48. The predicted molar refractivity (Wildman–Crippen MR) is 128 cm³/mol. The van der Waals surface area contributed by atoms with Gasteiger partial charge in [-0.2, -0.15) is 0 Å². The van der Waals surface area contributed by atoms with Crippen molar-refractivity contribution >= 4 is 0 Å². The molecule has 0 heterocycles. The molecule has 0 radical (unpaired) electrons. The maximum Gasteiger partial charge on any atom is 0.166 e. The number of aryl methyl sites for hydroxylation is 1. The van der Waals surface area contributed by atoms with Crippen LogP contribution in [0.5, 0.6) is 0 Å². The summed E-state index contributed by atoms with van der Waals surface area (Å²) in [7, 11) is 0. The lowest BCUT2D eigenvalue weighted by Crippen LogP contribution is -2.23. The van der Waals surface area contributed by atoms with Crippen LogP contribution in [0.25, 0.3) is 11.1 Å². The van der Waals surface area contributed by atoms with Crippen molar-refractivity contribution in [1.29, 1.82) is 0 Å². The zero-order valence-electron chi connectivity index (χ0n) is 19.5. The van der Waals surface area contributed by atoms with Crippen LogP contribution in [-0.4, -0.2) is 12.7 Å². The molecule has 0 aliphatic heterocycles. The third-order valence-corrected chi connectivity index (χ3v) is 6.98. The summed E-state index contributed by atoms with van der Waals surface area (Å²) in [5.41, 5.74) is 3.28. The van der Waals surface area contributed by atoms with Crippen LogP contribution in [0.15, 0.2) is 60.0 Å². The monoisotopic (exact) mass is 454 g/mol. The van der Waals surface area contributed by atoms with E-state index in [0.717, 1.165) is 44.9 Å². The minimum atomic E-state index is -0.769. The SMILES string of the molecule is CCCc1ccc(-c2ccc(C3CCC(OCC4=CCC(C)C=C4F)CC3)c(F)c2F)cc1. The van der Waals surface area contributed by atoms with Crippen molar-refractivity contribution in [2.24, 2.45) is 5.92 Å². The Bertz CT molecular complexity index is 1010. The minimum Gasteiger partial charge on any atom is -0.373 e. The number of allylic oxidation sites excluding steroid dienone is 2. The van der Waals surface area contributed by atoms with Gasteiger partial charge in [0.2, 0.25) is 0 Å². The van der Waals surface area contributed by atoms with E-state index in [1.54, 1.807) is 18.2 Å². The maximum absolute atomic E-state index is 15.0. The minimum absolute atomic E-state index is 0.0216. The van der Waals surface area contributed by atoms with Gasteiger partial charge in [-0.1, -0.05) is 62.7 Å². The lowest BCUT2D eigenvalue weighted by molar-refractivity contribution is 0.0378. The Hall–Kier alpha value is -2.33. The van der Waals surface area contributed by atoms with E-state index in [2.05, 4.69) is 6.92 Å². The van der Waals surface area contributed by atoms with Gasteiger partial charge in [-0.3, -0.25) is 0 Å². The normalized spacial score (nSPS) is 23.2. The molecule has 1 atom stereocenters. The molecule has 0 saturated heterocycles. The van der Waals surface area contributed by atoms with Gasteiger partial charge in [-0.15, -0.1) is 0 Å². The summed E-state index contributed by atoms with van der Waals surface area (Å²) in [4.78, 5) is 0. The molecule has 4 rings (SSSR count). The van der Waals surface area contributed by atoms with E-state index >= 15 is 4.39 Å². The molecule has 33 heavy (non-hydrogen) atoms. The molecule has 2 aromatic rings. The van der Waals surface area contributed by atoms with Gasteiger partial charge in [0.25, 0.3) is 0 Å². The molecule has 2 aromatic carbocycles. The number of ether oxygens (including phenoxy) is 1. The molecule has 0 bridgehead atoms. The molecular weight excluding hydrogens is 421 g/mol. The highest BCUT2D eigenvalue weighted by Crippen LogP contribution is 2.38. The molecule has 0 aromatic heterocycles. The van der Waals surface area contributed by atoms with Gasteiger partial charge in [-0.05, 0) is 73.1 Å². The van der Waals surface area contributed by atoms with Gasteiger partial charge < -0.3 is 4.74 Å². The third kappa shape index (κ3) is 5.60. The lowest BCUT2D eigenvalue weighted by Gasteiger charge is -2.29. The summed E-state index contributed by atoms with van der Waals surface area (Å²) in [6.45, 7) is 4.39. The first-order valence-electron chi connectivity index (χ1n) is 12.2. The van der Waals surface area contributed by atoms with Crippen LogP contribution in [0.3, 0.4) is 0 Å². The summed E-state index contributed by atoms with van der Waals surface area (Å²) in [6, 6.07) is 11.1. The average molecular weight is 455 g/mol. The first-order valence-corrected chi connectivity index (χ1v) is 12.2. The van der Waals surface area contributed by atoms with Crippen LogP contribution in [0.4, 0.5) is 13.2 Å². The highest BCUT2D eigenvalue weighted by atomic mass is 19.2. The maximum atomic E-state index is 15.0. The van der Waals surface area contributed by atoms with Gasteiger partial charge in [0.05, 0.1) is 12.7 Å². The van der Waals surface area contributed by atoms with E-state index < -0.39 is 11.6 Å². The van der Waals surface area contributed by atoms with Gasteiger partial charge >= 0.3 is 0 Å². The Balaban J connectivity index is 1.36. The topological polar surface area (TPSA) is 9.23 Å². The van der Waals surface area contributed by atoms with Crippen molar-refractivity contribution < 1.29 is 17.9 Å². The third-order valence-electron chi connectivity index (χ3n) is 6.98. The van der Waals surface area contributed by atoms with Crippen LogP contribution < -0.4 is 0 Å². The van der Waals surface area contributed by atoms with Crippen molar-refractivity contribution in [3.63, 3.8) is 0 Å². The molecule has 0 spiro atoms. The smallest absolute Gasteiger partial charge is 0.166 e. The summed E-state index contributed by atoms with van der Waals surface area (Å²) in [6.07, 6.45) is 9.47. The van der Waals surface area contributed by atoms with Gasteiger partial charge in [0, 0.05) is 11.1 Å². The van der Waals surface area contributed by atoms with E-state index in [1.165, 1.54) is 5.56 Å². The Morgan fingerprint density at radius 3 is 2.30 bits per heavy atom. The predicted octanol–water partition coefficient (Wildman–Crippen LogP) is 8.45. The fraction of sp³-hybridized carbons (Fsp3) is 0.448. The van der Waals surface area contributed by atoms with Gasteiger partial charge in [0.1, 0.15) is 5.83 Å². The zero-order valence-corrected chi connectivity index (χ0v) is 19.5. The standard InChI is InChI=1S/C29H33F3O/c1-3-4-20-6-9-21(10-7-20)25-15-16-26(29(32)28(25)31)22-11-13-24(14-12-22)33-18-23-8-5-19(2)17-27(23)30/h6-10,15-17,19,22,24H,3-5,11-14,18H2,1-2H3. The number of halogens is 3. The Kier molecular flexibility index (Phi) is 7.75. The lowest BCUT2D eigenvalue weighted by atomic mass is 9.82. The van der Waals surface area contributed by atoms with Crippen molar-refractivity contribution in [2.45, 2.75) is 70.8 Å². The summed E-state index contributed by atoms with van der Waals surface area (Å²) >= 11 is 0. The van der Waals surface area contributed by atoms with Crippen LogP contribution in [0, 0.1) is 17.6 Å². The number of rotatable bonds is 7. The highest BCUT2D eigenvalue weighted by molar-refractivity contribution is 5.65. The van der Waals surface area contributed by atoms with Gasteiger partial charge in [-0.25, -0.2) is 13.2 Å². The molecule has 0 N–H and O–H groups in total. The van der Waals surface area contributed by atoms with Crippen LogP contribution >= 0.6 is 0 Å². The molecule has 176 valence electrons. The Labute approximate surface area is 195 Å². The number of hydrogen-bond donors (Lipinski definition) is 0. The van der Waals surface area contributed by atoms with E-state index in [0.29, 0.717) is 22.3 Å². The molecule has 1 fully saturated rings. The molecular formula is C29H33F3O. The second-order valence-corrected chi connectivity index (χ2v) is 9.52. The van der Waals surface area contributed by atoms with Gasteiger partial charge in [0.15, 0.2) is 11.6 Å². The Morgan fingerprint density at radius 1 is 0.909 bits per heavy atom. The van der Waals surface area contributed by atoms with Crippen LogP contribution in [0.1, 0.15) is 69.4 Å². The second-order valence-electron chi connectivity index (χ2n) is 9.52. The highest BCUT2D eigenvalue weighted by Gasteiger charge is 2.27. The van der Waals surface area contributed by atoms with Crippen molar-refractivity contribution in [3.05, 3.63) is 82.7 Å². The van der Waals surface area contributed by atoms with Crippen molar-refractivity contribution in [2.75, 3.05) is 6.61 Å². The van der Waals surface area contributed by atoms with E-state index in [9.17, 15) is 8.78 Å². The molecule has 1 nitrogen and oxygen atoms in total. The van der Waals surface area contributed by atoms with Crippen molar-refractivity contribution in [3.8, 4) is 11.1 Å². The average Bonchev–Trinajstić information content (AvgIpc) is 2.82. The number of hydrogen-bond acceptors (Lipinski definition) is 1. The van der Waals surface area contributed by atoms with E-state index in [-0.39, 0.29) is 30.4 Å². The largest absolute Gasteiger partial charge is 0.373 e. The molecule has 4 heteroatoms. The fourth-order valence-corrected chi connectivity index (χ4v) is 4.97. The molecule has 1 saturated carbocycles. The molecule has 1 unspecified atom stereocenters. The molecule has 2 aliphatic rings. The number of benzene rings is 2. The first kappa shape index (κ1) is 23.8. The molecule has 2 aliphatic carbocycles. The quantitative estimate of drug-likeness (QED) is 0.408. The van der Waals surface area contributed by atoms with Crippen LogP contribution in [-0.2, 0) is 11.2 Å². The molecule has 0 amide bonds.